The Morgan fingerprint density at radius 1 is 1.38 bits per heavy atom. The van der Waals surface area contributed by atoms with Gasteiger partial charge in [-0.05, 0) is 43.4 Å². The monoisotopic (exact) mass is 216 g/mol. The molecule has 16 heavy (non-hydrogen) atoms. The standard InChI is InChI=1S/C14H20N2/c1-10-4-3-5-12-8-11-6-7-15-9-13(11)16(2)14(10)12/h3-5,11,13,15H,6-9H2,1-2H3. The van der Waals surface area contributed by atoms with Crippen LogP contribution in [0.15, 0.2) is 18.2 Å². The minimum absolute atomic E-state index is 0.697. The van der Waals surface area contributed by atoms with E-state index in [9.17, 15) is 0 Å². The molecule has 1 fully saturated rings. The fourth-order valence-electron chi connectivity index (χ4n) is 3.43. The molecule has 2 aliphatic rings. The number of fused-ring (bicyclic) bond motifs is 2. The van der Waals surface area contributed by atoms with Crippen molar-refractivity contribution < 1.29 is 0 Å². The number of likely N-dealkylation sites (N-methyl/N-ethyl adjacent to an activating group) is 1. The Morgan fingerprint density at radius 3 is 3.12 bits per heavy atom. The molecule has 3 rings (SSSR count). The molecule has 2 heteroatoms. The van der Waals surface area contributed by atoms with Crippen LogP contribution in [0.4, 0.5) is 5.69 Å². The third kappa shape index (κ3) is 1.44. The van der Waals surface area contributed by atoms with Gasteiger partial charge in [-0.3, -0.25) is 0 Å². The molecular formula is C14H20N2. The van der Waals surface area contributed by atoms with E-state index >= 15 is 0 Å². The quantitative estimate of drug-likeness (QED) is 0.713. The second-order valence-electron chi connectivity index (χ2n) is 5.22. The van der Waals surface area contributed by atoms with Crippen LogP contribution in [-0.2, 0) is 6.42 Å². The average Bonchev–Trinajstić information content (AvgIpc) is 2.29. The molecule has 0 aliphatic carbocycles. The van der Waals surface area contributed by atoms with E-state index in [2.05, 4.69) is 42.4 Å². The zero-order valence-corrected chi connectivity index (χ0v) is 10.2. The van der Waals surface area contributed by atoms with Gasteiger partial charge in [-0.1, -0.05) is 18.2 Å². The number of anilines is 1. The summed E-state index contributed by atoms with van der Waals surface area (Å²) < 4.78 is 0. The lowest BCUT2D eigenvalue weighted by Crippen LogP contribution is -2.53. The number of aryl methyl sites for hydroxylation is 1. The highest BCUT2D eigenvalue weighted by molar-refractivity contribution is 5.61. The van der Waals surface area contributed by atoms with Crippen LogP contribution in [0.1, 0.15) is 17.5 Å². The second-order valence-corrected chi connectivity index (χ2v) is 5.22. The number of nitrogens with zero attached hydrogens (tertiary/aromatic N) is 1. The summed E-state index contributed by atoms with van der Waals surface area (Å²) in [7, 11) is 2.26. The number of hydrogen-bond donors (Lipinski definition) is 1. The molecule has 1 N–H and O–H groups in total. The molecule has 2 aliphatic heterocycles. The van der Waals surface area contributed by atoms with Crippen LogP contribution >= 0.6 is 0 Å². The Bertz CT molecular complexity index is 400. The molecule has 0 spiro atoms. The van der Waals surface area contributed by atoms with Crippen molar-refractivity contribution in [1.29, 1.82) is 0 Å². The summed E-state index contributed by atoms with van der Waals surface area (Å²) in [5.41, 5.74) is 4.45. The summed E-state index contributed by atoms with van der Waals surface area (Å²) in [4.78, 5) is 2.50. The Hall–Kier alpha value is -1.02. The first-order chi connectivity index (χ1) is 7.77. The van der Waals surface area contributed by atoms with Crippen molar-refractivity contribution in [2.24, 2.45) is 5.92 Å². The maximum Gasteiger partial charge on any atom is 0.0443 e. The van der Waals surface area contributed by atoms with Crippen molar-refractivity contribution in [3.05, 3.63) is 29.3 Å². The van der Waals surface area contributed by atoms with Gasteiger partial charge in [-0.15, -0.1) is 0 Å². The zero-order chi connectivity index (χ0) is 11.1. The van der Waals surface area contributed by atoms with Crippen LogP contribution in [0.5, 0.6) is 0 Å². The van der Waals surface area contributed by atoms with Gasteiger partial charge in [-0.2, -0.15) is 0 Å². The van der Waals surface area contributed by atoms with E-state index in [1.165, 1.54) is 30.6 Å². The summed E-state index contributed by atoms with van der Waals surface area (Å²) in [6, 6.07) is 7.43. The molecule has 0 bridgehead atoms. The SMILES string of the molecule is Cc1cccc2c1N(C)C1CNCCC1C2. The van der Waals surface area contributed by atoms with Gasteiger partial charge < -0.3 is 10.2 Å². The van der Waals surface area contributed by atoms with Crippen molar-refractivity contribution in [3.8, 4) is 0 Å². The van der Waals surface area contributed by atoms with Crippen LogP contribution in [-0.4, -0.2) is 26.2 Å². The van der Waals surface area contributed by atoms with E-state index in [-0.39, 0.29) is 0 Å². The Balaban J connectivity index is 2.03. The van der Waals surface area contributed by atoms with Crippen LogP contribution in [0.3, 0.4) is 0 Å². The van der Waals surface area contributed by atoms with Crippen molar-refractivity contribution in [1.82, 2.24) is 5.32 Å². The molecule has 2 heterocycles. The largest absolute Gasteiger partial charge is 0.370 e. The maximum atomic E-state index is 3.52. The van der Waals surface area contributed by atoms with Crippen LogP contribution in [0, 0.1) is 12.8 Å². The fraction of sp³-hybridized carbons (Fsp3) is 0.571. The van der Waals surface area contributed by atoms with Crippen molar-refractivity contribution in [3.63, 3.8) is 0 Å². The molecule has 0 amide bonds. The molecule has 0 radical (unpaired) electrons. The highest BCUT2D eigenvalue weighted by Crippen LogP contribution is 2.37. The minimum atomic E-state index is 0.697. The van der Waals surface area contributed by atoms with Crippen molar-refractivity contribution in [2.75, 3.05) is 25.0 Å². The second kappa shape index (κ2) is 3.77. The number of benzene rings is 1. The van der Waals surface area contributed by atoms with E-state index in [1.54, 1.807) is 5.56 Å². The van der Waals surface area contributed by atoms with Gasteiger partial charge in [0.1, 0.15) is 0 Å². The summed E-state index contributed by atoms with van der Waals surface area (Å²) in [5, 5.41) is 3.52. The highest BCUT2D eigenvalue weighted by atomic mass is 15.2. The molecule has 2 unspecified atom stereocenters. The Kier molecular flexibility index (Phi) is 2.40. The molecule has 2 nitrogen and oxygen atoms in total. The topological polar surface area (TPSA) is 15.3 Å². The molecule has 1 aromatic rings. The maximum absolute atomic E-state index is 3.52. The first kappa shape index (κ1) is 10.2. The van der Waals surface area contributed by atoms with Gasteiger partial charge in [0, 0.05) is 25.3 Å². The normalized spacial score (nSPS) is 28.5. The summed E-state index contributed by atoms with van der Waals surface area (Å²) in [5.74, 6) is 0.848. The lowest BCUT2D eigenvalue weighted by molar-refractivity contribution is 0.302. The summed E-state index contributed by atoms with van der Waals surface area (Å²) in [6.45, 7) is 4.57. The lowest BCUT2D eigenvalue weighted by atomic mass is 9.81. The predicted octanol–water partition coefficient (Wildman–Crippen LogP) is 1.97. The summed E-state index contributed by atoms with van der Waals surface area (Å²) >= 11 is 0. The molecule has 1 saturated heterocycles. The Labute approximate surface area is 97.6 Å². The molecule has 2 atom stereocenters. The number of nitrogens with one attached hydrogen (secondary N) is 1. The smallest absolute Gasteiger partial charge is 0.0443 e. The number of piperidine rings is 1. The fourth-order valence-corrected chi connectivity index (χ4v) is 3.43. The van der Waals surface area contributed by atoms with Gasteiger partial charge in [0.05, 0.1) is 0 Å². The van der Waals surface area contributed by atoms with Gasteiger partial charge in [0.15, 0.2) is 0 Å². The van der Waals surface area contributed by atoms with Gasteiger partial charge in [0.25, 0.3) is 0 Å². The van der Waals surface area contributed by atoms with E-state index < -0.39 is 0 Å². The van der Waals surface area contributed by atoms with Crippen LogP contribution in [0.2, 0.25) is 0 Å². The molecule has 0 saturated carbocycles. The average molecular weight is 216 g/mol. The minimum Gasteiger partial charge on any atom is -0.370 e. The lowest BCUT2D eigenvalue weighted by Gasteiger charge is -2.45. The molecular weight excluding hydrogens is 196 g/mol. The highest BCUT2D eigenvalue weighted by Gasteiger charge is 2.34. The predicted molar refractivity (Wildman–Crippen MR) is 68.1 cm³/mol. The third-order valence-electron chi connectivity index (χ3n) is 4.24. The zero-order valence-electron chi connectivity index (χ0n) is 10.2. The van der Waals surface area contributed by atoms with Crippen LogP contribution < -0.4 is 10.2 Å². The number of rotatable bonds is 0. The van der Waals surface area contributed by atoms with Gasteiger partial charge in [-0.25, -0.2) is 0 Å². The first-order valence-electron chi connectivity index (χ1n) is 6.29. The first-order valence-corrected chi connectivity index (χ1v) is 6.29. The third-order valence-corrected chi connectivity index (χ3v) is 4.24. The van der Waals surface area contributed by atoms with Gasteiger partial charge >= 0.3 is 0 Å². The van der Waals surface area contributed by atoms with Gasteiger partial charge in [0.2, 0.25) is 0 Å². The molecule has 1 aromatic carbocycles. The van der Waals surface area contributed by atoms with Crippen molar-refractivity contribution >= 4 is 5.69 Å². The van der Waals surface area contributed by atoms with E-state index in [1.807, 2.05) is 0 Å². The van der Waals surface area contributed by atoms with Crippen LogP contribution in [0.25, 0.3) is 0 Å². The number of para-hydroxylation sites is 1. The van der Waals surface area contributed by atoms with Crippen molar-refractivity contribution in [2.45, 2.75) is 25.8 Å². The summed E-state index contributed by atoms with van der Waals surface area (Å²) in [6.07, 6.45) is 2.59. The van der Waals surface area contributed by atoms with E-state index in [4.69, 9.17) is 0 Å². The Morgan fingerprint density at radius 2 is 2.25 bits per heavy atom. The van der Waals surface area contributed by atoms with E-state index in [0.29, 0.717) is 6.04 Å². The van der Waals surface area contributed by atoms with E-state index in [0.717, 1.165) is 12.5 Å². The molecule has 86 valence electrons. The molecule has 0 aromatic heterocycles. The number of hydrogen-bond acceptors (Lipinski definition) is 2.